The van der Waals surface area contributed by atoms with Gasteiger partial charge in [0.2, 0.25) is 0 Å². The molecule has 6 rings (SSSR count). The highest BCUT2D eigenvalue weighted by Crippen LogP contribution is 2.76. The Labute approximate surface area is 288 Å². The van der Waals surface area contributed by atoms with Crippen LogP contribution in [0.1, 0.15) is 107 Å². The molecule has 6 fully saturated rings. The lowest BCUT2D eigenvalue weighted by Crippen LogP contribution is -2.74. The maximum atomic E-state index is 7.64. The Morgan fingerprint density at radius 3 is 2.04 bits per heavy atom. The standard InChI is InChI=1S/C37H68O8Si2/c1-31(2,3)47(32(4,5)6)43-23-34(8)27-22-29(41-25-38-10)35(9)26(33(27,7)17-15-28(34)44-47)14-19-37(35,45-46(11,12)13)36(24-42-36)18-16-30-39-20-21-40-30/h26-30H,14-25H2,1-13H3/t26-,27-,28+,29+,33-,34-,35+,36-,37-/m1/s1. The number of ether oxygens (including phenoxy) is 5. The number of hydrogen-bond donors (Lipinski definition) is 0. The first kappa shape index (κ1) is 36.9. The van der Waals surface area contributed by atoms with E-state index < -0.39 is 22.5 Å². The average molecular weight is 697 g/mol. The zero-order valence-electron chi connectivity index (χ0n) is 32.1. The van der Waals surface area contributed by atoms with E-state index in [9.17, 15) is 0 Å². The lowest BCUT2D eigenvalue weighted by molar-refractivity contribution is -0.277. The van der Waals surface area contributed by atoms with Gasteiger partial charge in [0.25, 0.3) is 0 Å². The van der Waals surface area contributed by atoms with Crippen molar-refractivity contribution in [2.24, 2.45) is 28.1 Å². The van der Waals surface area contributed by atoms with Crippen LogP contribution in [0.5, 0.6) is 0 Å². The lowest BCUT2D eigenvalue weighted by Gasteiger charge is -2.70. The highest BCUT2D eigenvalue weighted by atomic mass is 28.4. The van der Waals surface area contributed by atoms with Gasteiger partial charge >= 0.3 is 8.56 Å². The van der Waals surface area contributed by atoms with Gasteiger partial charge in [-0.05, 0) is 75.4 Å². The average Bonchev–Trinajstić information content (AvgIpc) is 3.43. The molecule has 3 aliphatic heterocycles. The predicted molar refractivity (Wildman–Crippen MR) is 188 cm³/mol. The molecule has 0 aromatic rings. The summed E-state index contributed by atoms with van der Waals surface area (Å²) >= 11 is 0. The third-order valence-corrected chi connectivity index (χ3v) is 20.1. The van der Waals surface area contributed by atoms with Crippen molar-refractivity contribution in [1.29, 1.82) is 0 Å². The van der Waals surface area contributed by atoms with Crippen LogP contribution in [0.25, 0.3) is 0 Å². The van der Waals surface area contributed by atoms with Crippen LogP contribution in [0.4, 0.5) is 0 Å². The molecule has 47 heavy (non-hydrogen) atoms. The van der Waals surface area contributed by atoms with Crippen LogP contribution in [0, 0.1) is 28.1 Å². The molecule has 10 heteroatoms. The second-order valence-corrected chi connectivity index (χ2v) is 29.0. The highest BCUT2D eigenvalue weighted by Gasteiger charge is 2.81. The summed E-state index contributed by atoms with van der Waals surface area (Å²) in [6, 6.07) is 0. The van der Waals surface area contributed by atoms with Gasteiger partial charge in [-0.15, -0.1) is 0 Å². The van der Waals surface area contributed by atoms with Gasteiger partial charge in [0.05, 0.1) is 37.6 Å². The minimum atomic E-state index is -2.59. The molecule has 0 aromatic carbocycles. The van der Waals surface area contributed by atoms with Crippen LogP contribution in [-0.2, 0) is 37.0 Å². The van der Waals surface area contributed by atoms with Crippen molar-refractivity contribution in [3.05, 3.63) is 0 Å². The van der Waals surface area contributed by atoms with E-state index in [-0.39, 0.29) is 57.2 Å². The van der Waals surface area contributed by atoms with Crippen molar-refractivity contribution in [3.8, 4) is 0 Å². The molecule has 6 aliphatic rings. The Morgan fingerprint density at radius 2 is 1.49 bits per heavy atom. The molecule has 0 spiro atoms. The zero-order valence-corrected chi connectivity index (χ0v) is 34.1. The minimum Gasteiger partial charge on any atom is -0.408 e. The summed E-state index contributed by atoms with van der Waals surface area (Å²) in [5.74, 6) is 0.790. The molecule has 272 valence electrons. The van der Waals surface area contributed by atoms with Gasteiger partial charge in [-0.25, -0.2) is 0 Å². The molecule has 3 saturated carbocycles. The van der Waals surface area contributed by atoms with Crippen molar-refractivity contribution >= 4 is 16.9 Å². The van der Waals surface area contributed by atoms with Gasteiger partial charge in [0.1, 0.15) is 12.4 Å². The fourth-order valence-corrected chi connectivity index (χ4v) is 19.1. The van der Waals surface area contributed by atoms with E-state index in [1.54, 1.807) is 7.11 Å². The third kappa shape index (κ3) is 5.47. The topological polar surface area (TPSA) is 77.1 Å². The van der Waals surface area contributed by atoms with Gasteiger partial charge in [-0.2, -0.15) is 0 Å². The van der Waals surface area contributed by atoms with E-state index in [1.165, 1.54) is 0 Å². The van der Waals surface area contributed by atoms with Crippen LogP contribution in [0.15, 0.2) is 0 Å². The molecular weight excluding hydrogens is 629 g/mol. The maximum Gasteiger partial charge on any atom is 0.349 e. The van der Waals surface area contributed by atoms with E-state index in [2.05, 4.69) is 82.0 Å². The fraction of sp³-hybridized carbons (Fsp3) is 1.00. The first-order chi connectivity index (χ1) is 21.6. The number of rotatable bonds is 9. The molecule has 0 aromatic heterocycles. The van der Waals surface area contributed by atoms with Gasteiger partial charge in [-0.3, -0.25) is 0 Å². The molecule has 0 radical (unpaired) electrons. The quantitative estimate of drug-likeness (QED) is 0.136. The number of methoxy groups -OCH3 is 1. The SMILES string of the molecule is COCO[C@H]1C[C@@H]2[C@](C)(CC[C@@H]3O[Si](C(C)(C)C)(C(C)(C)C)OC[C@]23C)[C@H]2CC[C@](O[Si](C)(C)C)([C@@]3(CCC4OCCO4)CO3)[C@]12C. The van der Waals surface area contributed by atoms with Crippen LogP contribution < -0.4 is 0 Å². The van der Waals surface area contributed by atoms with Gasteiger partial charge < -0.3 is 37.0 Å². The normalized spacial score (nSPS) is 45.4. The largest absolute Gasteiger partial charge is 0.408 e. The Bertz CT molecular complexity index is 1140. The molecule has 0 amide bonds. The van der Waals surface area contributed by atoms with Gasteiger partial charge in [0.15, 0.2) is 14.6 Å². The van der Waals surface area contributed by atoms with Crippen molar-refractivity contribution in [2.75, 3.05) is 40.3 Å². The smallest absolute Gasteiger partial charge is 0.349 e. The van der Waals surface area contributed by atoms with Crippen LogP contribution >= 0.6 is 0 Å². The van der Waals surface area contributed by atoms with Crippen molar-refractivity contribution in [3.63, 3.8) is 0 Å². The maximum absolute atomic E-state index is 7.64. The summed E-state index contributed by atoms with van der Waals surface area (Å²) in [7, 11) is -2.89. The molecule has 8 nitrogen and oxygen atoms in total. The second-order valence-electron chi connectivity index (χ2n) is 19.8. The van der Waals surface area contributed by atoms with E-state index in [4.69, 9.17) is 37.0 Å². The Kier molecular flexibility index (Phi) is 9.28. The molecule has 3 heterocycles. The summed E-state index contributed by atoms with van der Waals surface area (Å²) < 4.78 is 53.5. The molecular formula is C37H68O8Si2. The molecule has 3 saturated heterocycles. The van der Waals surface area contributed by atoms with Gasteiger partial charge in [0, 0.05) is 41.0 Å². The molecule has 3 aliphatic carbocycles. The first-order valence-corrected chi connectivity index (χ1v) is 23.9. The minimum absolute atomic E-state index is 0.0328. The van der Waals surface area contributed by atoms with E-state index in [0.717, 1.165) is 58.2 Å². The Balaban J connectivity index is 1.40. The monoisotopic (exact) mass is 696 g/mol. The van der Waals surface area contributed by atoms with Gasteiger partial charge in [-0.1, -0.05) is 62.3 Å². The summed E-state index contributed by atoms with van der Waals surface area (Å²) in [6.07, 6.45) is 6.92. The molecule has 0 unspecified atom stereocenters. The predicted octanol–water partition coefficient (Wildman–Crippen LogP) is 8.19. The summed E-state index contributed by atoms with van der Waals surface area (Å²) in [6.45, 7) is 31.7. The summed E-state index contributed by atoms with van der Waals surface area (Å²) in [4.78, 5) is 0. The van der Waals surface area contributed by atoms with Crippen molar-refractivity contribution in [1.82, 2.24) is 0 Å². The third-order valence-electron chi connectivity index (χ3n) is 14.0. The van der Waals surface area contributed by atoms with E-state index in [0.29, 0.717) is 25.0 Å². The lowest BCUT2D eigenvalue weighted by atomic mass is 9.41. The zero-order chi connectivity index (χ0) is 34.5. The second kappa shape index (κ2) is 11.8. The molecule has 0 bridgehead atoms. The Morgan fingerprint density at radius 1 is 0.851 bits per heavy atom. The van der Waals surface area contributed by atoms with E-state index in [1.807, 2.05) is 0 Å². The van der Waals surface area contributed by atoms with Crippen LogP contribution in [0.3, 0.4) is 0 Å². The first-order valence-electron chi connectivity index (χ1n) is 18.6. The number of hydrogen-bond acceptors (Lipinski definition) is 8. The summed E-state index contributed by atoms with van der Waals surface area (Å²) in [5.41, 5.74) is -1.11. The molecule has 9 atom stereocenters. The fourth-order valence-electron chi connectivity index (χ4n) is 12.3. The van der Waals surface area contributed by atoms with Crippen LogP contribution in [0.2, 0.25) is 29.7 Å². The van der Waals surface area contributed by atoms with E-state index >= 15 is 0 Å². The molecule has 0 N–H and O–H groups in total. The van der Waals surface area contributed by atoms with Crippen molar-refractivity contribution in [2.45, 2.75) is 167 Å². The van der Waals surface area contributed by atoms with Crippen molar-refractivity contribution < 1.29 is 37.0 Å². The van der Waals surface area contributed by atoms with Crippen LogP contribution in [-0.4, -0.2) is 86.9 Å². The Hall–Kier alpha value is 0.114. The highest BCUT2D eigenvalue weighted by molar-refractivity contribution is 6.73. The number of fused-ring (bicyclic) bond motifs is 5. The number of epoxide rings is 1. The summed E-state index contributed by atoms with van der Waals surface area (Å²) in [5, 5.41) is -0.0655.